The van der Waals surface area contributed by atoms with E-state index in [0.717, 1.165) is 5.69 Å². The van der Waals surface area contributed by atoms with Crippen LogP contribution in [0, 0.1) is 0 Å². The van der Waals surface area contributed by atoms with Gasteiger partial charge in [0.1, 0.15) is 0 Å². The molecular formula is C14H18N2OS. The maximum Gasteiger partial charge on any atom is 0.0931 e. The number of pyridine rings is 1. The summed E-state index contributed by atoms with van der Waals surface area (Å²) in [5.74, 6) is 0. The van der Waals surface area contributed by atoms with E-state index in [0.29, 0.717) is 11.7 Å². The van der Waals surface area contributed by atoms with Crippen molar-refractivity contribution in [2.24, 2.45) is 0 Å². The van der Waals surface area contributed by atoms with Gasteiger partial charge in [-0.05, 0) is 37.4 Å². The Morgan fingerprint density at radius 1 is 1.28 bits per heavy atom. The monoisotopic (exact) mass is 262 g/mol. The summed E-state index contributed by atoms with van der Waals surface area (Å²) in [5.41, 5.74) is 1.76. The van der Waals surface area contributed by atoms with Crippen LogP contribution in [0.4, 0.5) is 5.69 Å². The zero-order valence-corrected chi connectivity index (χ0v) is 11.7. The van der Waals surface area contributed by atoms with Crippen LogP contribution in [0.15, 0.2) is 35.8 Å². The first-order valence-electron chi connectivity index (χ1n) is 6.00. The Balaban J connectivity index is 2.16. The van der Waals surface area contributed by atoms with Gasteiger partial charge in [-0.15, -0.1) is 11.3 Å². The smallest absolute Gasteiger partial charge is 0.0931 e. The molecule has 0 bridgehead atoms. The van der Waals surface area contributed by atoms with Crippen LogP contribution in [0.25, 0.3) is 0 Å². The number of nitrogens with zero attached hydrogens (tertiary/aromatic N) is 2. The predicted octanol–water partition coefficient (Wildman–Crippen LogP) is 3.39. The summed E-state index contributed by atoms with van der Waals surface area (Å²) < 4.78 is 0. The van der Waals surface area contributed by atoms with E-state index in [1.165, 1.54) is 4.88 Å². The third-order valence-corrected chi connectivity index (χ3v) is 4.18. The van der Waals surface area contributed by atoms with E-state index < -0.39 is 6.10 Å². The Bertz CT molecular complexity index is 479. The molecule has 1 N–H and O–H groups in total. The third-order valence-electron chi connectivity index (χ3n) is 3.14. The van der Waals surface area contributed by atoms with Crippen LogP contribution in [0.2, 0.25) is 0 Å². The van der Waals surface area contributed by atoms with Crippen LogP contribution in [0.5, 0.6) is 0 Å². The number of thiophene rings is 1. The first-order chi connectivity index (χ1) is 8.59. The number of aromatic nitrogens is 1. The summed E-state index contributed by atoms with van der Waals surface area (Å²) in [7, 11) is 2.06. The summed E-state index contributed by atoms with van der Waals surface area (Å²) in [4.78, 5) is 7.79. The van der Waals surface area contributed by atoms with Crippen LogP contribution in [-0.4, -0.2) is 17.1 Å². The quantitative estimate of drug-likeness (QED) is 0.917. The van der Waals surface area contributed by atoms with Gasteiger partial charge in [0.25, 0.3) is 0 Å². The minimum absolute atomic E-state index is 0.323. The van der Waals surface area contributed by atoms with Crippen molar-refractivity contribution >= 4 is 17.0 Å². The Labute approximate surface area is 112 Å². The molecule has 0 radical (unpaired) electrons. The van der Waals surface area contributed by atoms with Gasteiger partial charge in [-0.2, -0.15) is 0 Å². The van der Waals surface area contributed by atoms with Gasteiger partial charge in [-0.3, -0.25) is 4.98 Å². The minimum atomic E-state index is -0.515. The highest BCUT2D eigenvalue weighted by Gasteiger charge is 2.13. The van der Waals surface area contributed by atoms with Crippen LogP contribution in [-0.2, 0) is 0 Å². The van der Waals surface area contributed by atoms with E-state index in [1.54, 1.807) is 18.3 Å². The van der Waals surface area contributed by atoms with Crippen LogP contribution in [0.1, 0.15) is 36.6 Å². The lowest BCUT2D eigenvalue weighted by atomic mass is 10.2. The summed E-state index contributed by atoms with van der Waals surface area (Å²) in [6.07, 6.45) is 1.30. The Kier molecular flexibility index (Phi) is 3.99. The third kappa shape index (κ3) is 2.71. The van der Waals surface area contributed by atoms with E-state index in [2.05, 4.69) is 41.4 Å². The number of anilines is 1. The molecule has 4 heteroatoms. The predicted molar refractivity (Wildman–Crippen MR) is 76.0 cm³/mol. The molecule has 0 spiro atoms. The SMILES string of the molecule is CC(c1cccs1)N(C)c1ccc([C@H](C)O)nc1. The second-order valence-electron chi connectivity index (χ2n) is 4.42. The molecule has 1 unspecified atom stereocenters. The number of hydrogen-bond acceptors (Lipinski definition) is 4. The lowest BCUT2D eigenvalue weighted by Gasteiger charge is -2.26. The lowest BCUT2D eigenvalue weighted by molar-refractivity contribution is 0.194. The molecule has 96 valence electrons. The molecule has 2 aromatic heterocycles. The normalized spacial score (nSPS) is 14.2. The highest BCUT2D eigenvalue weighted by atomic mass is 32.1. The second kappa shape index (κ2) is 5.50. The molecule has 0 amide bonds. The fourth-order valence-corrected chi connectivity index (χ4v) is 2.62. The van der Waals surface area contributed by atoms with E-state index >= 15 is 0 Å². The fraction of sp³-hybridized carbons (Fsp3) is 0.357. The van der Waals surface area contributed by atoms with E-state index in [-0.39, 0.29) is 0 Å². The molecule has 3 nitrogen and oxygen atoms in total. The van der Waals surface area contributed by atoms with Crippen molar-refractivity contribution in [1.29, 1.82) is 0 Å². The molecule has 0 saturated heterocycles. The average Bonchev–Trinajstić information content (AvgIpc) is 2.91. The van der Waals surface area contributed by atoms with Gasteiger partial charge >= 0.3 is 0 Å². The molecule has 0 aliphatic carbocycles. The largest absolute Gasteiger partial charge is 0.387 e. The van der Waals surface area contributed by atoms with Crippen molar-refractivity contribution in [2.45, 2.75) is 26.0 Å². The number of aliphatic hydroxyl groups excluding tert-OH is 1. The molecule has 0 saturated carbocycles. The van der Waals surface area contributed by atoms with Gasteiger partial charge in [-0.1, -0.05) is 6.07 Å². The molecule has 2 aromatic rings. The number of aliphatic hydroxyl groups is 1. The molecule has 18 heavy (non-hydrogen) atoms. The van der Waals surface area contributed by atoms with E-state index in [9.17, 15) is 5.11 Å². The van der Waals surface area contributed by atoms with Gasteiger partial charge in [-0.25, -0.2) is 0 Å². The molecule has 2 rings (SSSR count). The van der Waals surface area contributed by atoms with Gasteiger partial charge in [0.2, 0.25) is 0 Å². The topological polar surface area (TPSA) is 36.4 Å². The average molecular weight is 262 g/mol. The maximum atomic E-state index is 9.44. The highest BCUT2D eigenvalue weighted by Crippen LogP contribution is 2.28. The standard InChI is InChI=1S/C14H18N2OS/c1-10(14-5-4-8-18-14)16(3)12-6-7-13(11(2)17)15-9-12/h4-11,17H,1-3H3/t10?,11-/m0/s1. The Morgan fingerprint density at radius 2 is 2.06 bits per heavy atom. The lowest BCUT2D eigenvalue weighted by Crippen LogP contribution is -2.21. The Hall–Kier alpha value is -1.39. The molecule has 0 aromatic carbocycles. The number of hydrogen-bond donors (Lipinski definition) is 1. The van der Waals surface area contributed by atoms with Crippen LogP contribution < -0.4 is 4.90 Å². The van der Waals surface area contributed by atoms with Crippen molar-refractivity contribution in [3.05, 3.63) is 46.4 Å². The fourth-order valence-electron chi connectivity index (χ4n) is 1.80. The summed E-state index contributed by atoms with van der Waals surface area (Å²) in [6, 6.07) is 8.41. The van der Waals surface area contributed by atoms with Gasteiger partial charge in [0, 0.05) is 11.9 Å². The van der Waals surface area contributed by atoms with Crippen molar-refractivity contribution < 1.29 is 5.11 Å². The van der Waals surface area contributed by atoms with E-state index in [1.807, 2.05) is 18.3 Å². The summed E-state index contributed by atoms with van der Waals surface area (Å²) in [5, 5.41) is 11.5. The van der Waals surface area contributed by atoms with Crippen LogP contribution >= 0.6 is 11.3 Å². The Morgan fingerprint density at radius 3 is 2.56 bits per heavy atom. The molecule has 2 atom stereocenters. The zero-order valence-electron chi connectivity index (χ0n) is 10.9. The van der Waals surface area contributed by atoms with Gasteiger partial charge < -0.3 is 10.0 Å². The van der Waals surface area contributed by atoms with Crippen LogP contribution in [0.3, 0.4) is 0 Å². The van der Waals surface area contributed by atoms with E-state index in [4.69, 9.17) is 0 Å². The van der Waals surface area contributed by atoms with Gasteiger partial charge in [0.05, 0.1) is 29.7 Å². The highest BCUT2D eigenvalue weighted by molar-refractivity contribution is 7.10. The van der Waals surface area contributed by atoms with Crippen molar-refractivity contribution in [2.75, 3.05) is 11.9 Å². The van der Waals surface area contributed by atoms with Gasteiger partial charge in [0.15, 0.2) is 0 Å². The van der Waals surface area contributed by atoms with Crippen molar-refractivity contribution in [3.63, 3.8) is 0 Å². The summed E-state index contributed by atoms with van der Waals surface area (Å²) >= 11 is 1.76. The molecular weight excluding hydrogens is 244 g/mol. The first-order valence-corrected chi connectivity index (χ1v) is 6.88. The summed E-state index contributed by atoms with van der Waals surface area (Å²) in [6.45, 7) is 3.90. The van der Waals surface area contributed by atoms with Crippen molar-refractivity contribution in [3.8, 4) is 0 Å². The molecule has 0 aliphatic heterocycles. The molecule has 0 aliphatic rings. The maximum absolute atomic E-state index is 9.44. The first kappa shape index (κ1) is 13.1. The molecule has 2 heterocycles. The zero-order chi connectivity index (χ0) is 13.1. The second-order valence-corrected chi connectivity index (χ2v) is 5.40. The van der Waals surface area contributed by atoms with Crippen molar-refractivity contribution in [1.82, 2.24) is 4.98 Å². The number of rotatable bonds is 4. The molecule has 0 fully saturated rings. The minimum Gasteiger partial charge on any atom is -0.387 e.